The minimum absolute atomic E-state index is 0.0355. The SMILES string of the molecule is O=C(CCCC1CCCCC1)NCC(=O)N1CCCC1. The van der Waals surface area contributed by atoms with Crippen molar-refractivity contribution in [2.75, 3.05) is 19.6 Å². The van der Waals surface area contributed by atoms with Gasteiger partial charge in [0.1, 0.15) is 0 Å². The van der Waals surface area contributed by atoms with Crippen LogP contribution in [-0.2, 0) is 9.59 Å². The molecule has 1 saturated heterocycles. The van der Waals surface area contributed by atoms with Gasteiger partial charge in [-0.1, -0.05) is 32.1 Å². The predicted molar refractivity (Wildman–Crippen MR) is 79.2 cm³/mol. The van der Waals surface area contributed by atoms with Crippen LogP contribution in [0.5, 0.6) is 0 Å². The molecule has 4 nitrogen and oxygen atoms in total. The minimum atomic E-state index is 0.0355. The molecule has 2 aliphatic rings. The molecule has 0 radical (unpaired) electrons. The van der Waals surface area contributed by atoms with E-state index < -0.39 is 0 Å². The second-order valence-corrected chi connectivity index (χ2v) is 6.26. The molecule has 114 valence electrons. The molecule has 1 aliphatic heterocycles. The first-order chi connectivity index (χ1) is 9.75. The van der Waals surface area contributed by atoms with Gasteiger partial charge in [0.2, 0.25) is 11.8 Å². The van der Waals surface area contributed by atoms with Crippen LogP contribution in [0.15, 0.2) is 0 Å². The van der Waals surface area contributed by atoms with Gasteiger partial charge in [-0.25, -0.2) is 0 Å². The number of hydrogen-bond acceptors (Lipinski definition) is 2. The Hall–Kier alpha value is -1.06. The largest absolute Gasteiger partial charge is 0.347 e. The maximum atomic E-state index is 11.8. The Morgan fingerprint density at radius 2 is 1.70 bits per heavy atom. The highest BCUT2D eigenvalue weighted by Crippen LogP contribution is 2.27. The zero-order valence-corrected chi connectivity index (χ0v) is 12.5. The van der Waals surface area contributed by atoms with Gasteiger partial charge in [-0.2, -0.15) is 0 Å². The maximum Gasteiger partial charge on any atom is 0.241 e. The number of nitrogens with one attached hydrogen (secondary N) is 1. The summed E-state index contributed by atoms with van der Waals surface area (Å²) in [5, 5.41) is 2.77. The van der Waals surface area contributed by atoms with Gasteiger partial charge in [-0.3, -0.25) is 9.59 Å². The van der Waals surface area contributed by atoms with Gasteiger partial charge in [0, 0.05) is 19.5 Å². The van der Waals surface area contributed by atoms with E-state index in [1.54, 1.807) is 0 Å². The number of carbonyl (C=O) groups is 2. The van der Waals surface area contributed by atoms with E-state index in [-0.39, 0.29) is 18.4 Å². The van der Waals surface area contributed by atoms with Gasteiger partial charge in [0.05, 0.1) is 6.54 Å². The molecule has 0 aromatic heterocycles. The minimum Gasteiger partial charge on any atom is -0.347 e. The van der Waals surface area contributed by atoms with Gasteiger partial charge >= 0.3 is 0 Å². The summed E-state index contributed by atoms with van der Waals surface area (Å²) in [6.45, 7) is 1.90. The number of amides is 2. The third-order valence-electron chi connectivity index (χ3n) is 4.64. The van der Waals surface area contributed by atoms with E-state index >= 15 is 0 Å². The molecule has 2 amide bonds. The molecule has 1 aliphatic carbocycles. The highest BCUT2D eigenvalue weighted by molar-refractivity contribution is 5.84. The van der Waals surface area contributed by atoms with Crippen molar-refractivity contribution < 1.29 is 9.59 Å². The van der Waals surface area contributed by atoms with Crippen LogP contribution in [-0.4, -0.2) is 36.3 Å². The topological polar surface area (TPSA) is 49.4 Å². The van der Waals surface area contributed by atoms with E-state index in [1.807, 2.05) is 4.90 Å². The van der Waals surface area contributed by atoms with Gasteiger partial charge in [0.25, 0.3) is 0 Å². The Kier molecular flexibility index (Phi) is 6.34. The van der Waals surface area contributed by atoms with Crippen LogP contribution in [0.4, 0.5) is 0 Å². The van der Waals surface area contributed by atoms with Crippen molar-refractivity contribution in [2.24, 2.45) is 5.92 Å². The van der Waals surface area contributed by atoms with Crippen molar-refractivity contribution >= 4 is 11.8 Å². The lowest BCUT2D eigenvalue weighted by molar-refractivity contribution is -0.132. The molecule has 0 bridgehead atoms. The third-order valence-corrected chi connectivity index (χ3v) is 4.64. The number of likely N-dealkylation sites (tertiary alicyclic amines) is 1. The summed E-state index contributed by atoms with van der Waals surface area (Å²) in [5.74, 6) is 0.944. The first kappa shape index (κ1) is 15.3. The Labute approximate surface area is 122 Å². The molecule has 1 heterocycles. The molecule has 2 fully saturated rings. The zero-order valence-electron chi connectivity index (χ0n) is 12.5. The van der Waals surface area contributed by atoms with Gasteiger partial charge < -0.3 is 10.2 Å². The van der Waals surface area contributed by atoms with Crippen LogP contribution in [0, 0.1) is 5.92 Å². The zero-order chi connectivity index (χ0) is 14.2. The summed E-state index contributed by atoms with van der Waals surface area (Å²) < 4.78 is 0. The van der Waals surface area contributed by atoms with Crippen LogP contribution in [0.25, 0.3) is 0 Å². The molecule has 0 atom stereocenters. The number of rotatable bonds is 6. The summed E-state index contributed by atoms with van der Waals surface area (Å²) in [6.07, 6.45) is 11.7. The molecule has 4 heteroatoms. The first-order valence-electron chi connectivity index (χ1n) is 8.30. The van der Waals surface area contributed by atoms with E-state index in [0.717, 1.165) is 38.3 Å². The lowest BCUT2D eigenvalue weighted by Gasteiger charge is -2.21. The van der Waals surface area contributed by atoms with Crippen molar-refractivity contribution in [1.82, 2.24) is 10.2 Å². The van der Waals surface area contributed by atoms with E-state index in [2.05, 4.69) is 5.32 Å². The number of hydrogen-bond donors (Lipinski definition) is 1. The smallest absolute Gasteiger partial charge is 0.241 e. The highest BCUT2D eigenvalue weighted by atomic mass is 16.2. The quantitative estimate of drug-likeness (QED) is 0.812. The van der Waals surface area contributed by atoms with Gasteiger partial charge in [-0.05, 0) is 31.6 Å². The van der Waals surface area contributed by atoms with Crippen LogP contribution < -0.4 is 5.32 Å². The van der Waals surface area contributed by atoms with E-state index in [1.165, 1.54) is 38.5 Å². The average molecular weight is 280 g/mol. The van der Waals surface area contributed by atoms with Crippen LogP contribution >= 0.6 is 0 Å². The Balaban J connectivity index is 1.52. The van der Waals surface area contributed by atoms with Crippen molar-refractivity contribution in [2.45, 2.75) is 64.2 Å². The summed E-state index contributed by atoms with van der Waals surface area (Å²) in [5.41, 5.74) is 0. The van der Waals surface area contributed by atoms with E-state index in [9.17, 15) is 9.59 Å². The highest BCUT2D eigenvalue weighted by Gasteiger charge is 2.18. The molecule has 0 unspecified atom stereocenters. The fraction of sp³-hybridized carbons (Fsp3) is 0.875. The van der Waals surface area contributed by atoms with Crippen molar-refractivity contribution in [1.29, 1.82) is 0 Å². The maximum absolute atomic E-state index is 11.8. The molecule has 0 aromatic carbocycles. The number of nitrogens with zero attached hydrogens (tertiary/aromatic N) is 1. The Morgan fingerprint density at radius 3 is 2.40 bits per heavy atom. The number of carbonyl (C=O) groups excluding carboxylic acids is 2. The fourth-order valence-corrected chi connectivity index (χ4v) is 3.37. The molecule has 1 N–H and O–H groups in total. The second-order valence-electron chi connectivity index (χ2n) is 6.26. The molecular formula is C16H28N2O2. The monoisotopic (exact) mass is 280 g/mol. The summed E-state index contributed by atoms with van der Waals surface area (Å²) in [7, 11) is 0. The van der Waals surface area contributed by atoms with Crippen molar-refractivity contribution in [3.63, 3.8) is 0 Å². The molecule has 2 rings (SSSR count). The standard InChI is InChI=1S/C16H28N2O2/c19-15(10-6-9-14-7-2-1-3-8-14)17-13-16(20)18-11-4-5-12-18/h14H,1-13H2,(H,17,19). The fourth-order valence-electron chi connectivity index (χ4n) is 3.37. The molecule has 0 spiro atoms. The van der Waals surface area contributed by atoms with Crippen LogP contribution in [0.2, 0.25) is 0 Å². The van der Waals surface area contributed by atoms with E-state index in [4.69, 9.17) is 0 Å². The lowest BCUT2D eigenvalue weighted by Crippen LogP contribution is -2.38. The van der Waals surface area contributed by atoms with Crippen molar-refractivity contribution in [3.8, 4) is 0 Å². The molecular weight excluding hydrogens is 252 g/mol. The van der Waals surface area contributed by atoms with Crippen LogP contribution in [0.3, 0.4) is 0 Å². The van der Waals surface area contributed by atoms with Crippen molar-refractivity contribution in [3.05, 3.63) is 0 Å². The third kappa shape index (κ3) is 5.14. The summed E-state index contributed by atoms with van der Waals surface area (Å²) >= 11 is 0. The lowest BCUT2D eigenvalue weighted by atomic mass is 9.86. The predicted octanol–water partition coefficient (Wildman–Crippen LogP) is 2.48. The molecule has 1 saturated carbocycles. The Bertz CT molecular complexity index is 318. The van der Waals surface area contributed by atoms with Gasteiger partial charge in [0.15, 0.2) is 0 Å². The average Bonchev–Trinajstić information content (AvgIpc) is 3.00. The first-order valence-corrected chi connectivity index (χ1v) is 8.30. The normalized spacial score (nSPS) is 20.1. The Morgan fingerprint density at radius 1 is 1.00 bits per heavy atom. The molecule has 20 heavy (non-hydrogen) atoms. The summed E-state index contributed by atoms with van der Waals surface area (Å²) in [4.78, 5) is 25.4. The second kappa shape index (κ2) is 8.28. The van der Waals surface area contributed by atoms with Gasteiger partial charge in [-0.15, -0.1) is 0 Å². The van der Waals surface area contributed by atoms with E-state index in [0.29, 0.717) is 6.42 Å². The van der Waals surface area contributed by atoms with Crippen LogP contribution in [0.1, 0.15) is 64.2 Å². The summed E-state index contributed by atoms with van der Waals surface area (Å²) in [6, 6.07) is 0. The molecule has 0 aromatic rings.